The summed E-state index contributed by atoms with van der Waals surface area (Å²) >= 11 is 0. The molecule has 1 atom stereocenters. The summed E-state index contributed by atoms with van der Waals surface area (Å²) < 4.78 is 39.6. The van der Waals surface area contributed by atoms with Gasteiger partial charge in [-0.3, -0.25) is 4.79 Å². The number of rotatable bonds is 6. The average molecular weight is 379 g/mol. The van der Waals surface area contributed by atoms with Crippen molar-refractivity contribution in [3.63, 3.8) is 0 Å². The van der Waals surface area contributed by atoms with Gasteiger partial charge in [0.25, 0.3) is 5.91 Å². The van der Waals surface area contributed by atoms with E-state index in [1.54, 1.807) is 13.8 Å². The fourth-order valence-corrected chi connectivity index (χ4v) is 2.30. The number of hydrogen-bond donors (Lipinski definition) is 3. The number of amides is 3. The zero-order valence-corrected chi connectivity index (χ0v) is 14.9. The number of benzene rings is 2. The summed E-state index contributed by atoms with van der Waals surface area (Å²) in [6, 6.07) is 6.49. The Morgan fingerprint density at radius 2 is 1.63 bits per heavy atom. The van der Waals surface area contributed by atoms with Crippen LogP contribution in [0.5, 0.6) is 0 Å². The van der Waals surface area contributed by atoms with Crippen LogP contribution in [0.4, 0.5) is 18.0 Å². The Morgan fingerprint density at radius 3 is 2.30 bits per heavy atom. The summed E-state index contributed by atoms with van der Waals surface area (Å²) in [5.74, 6) is -2.87. The third kappa shape index (κ3) is 5.73. The highest BCUT2D eigenvalue weighted by atomic mass is 19.2. The number of hydrogen-bond acceptors (Lipinski definition) is 2. The number of carbonyl (C=O) groups is 2. The van der Waals surface area contributed by atoms with Gasteiger partial charge < -0.3 is 16.0 Å². The molecule has 0 spiro atoms. The van der Waals surface area contributed by atoms with Crippen LogP contribution in [0.15, 0.2) is 36.4 Å². The van der Waals surface area contributed by atoms with Gasteiger partial charge in [-0.1, -0.05) is 12.1 Å². The molecule has 3 N–H and O–H groups in total. The van der Waals surface area contributed by atoms with E-state index < -0.39 is 35.4 Å². The Hall–Kier alpha value is -3.03. The van der Waals surface area contributed by atoms with Crippen LogP contribution in [0.3, 0.4) is 0 Å². The maximum Gasteiger partial charge on any atom is 0.315 e. The molecule has 5 nitrogen and oxygen atoms in total. The largest absolute Gasteiger partial charge is 0.350 e. The lowest BCUT2D eigenvalue weighted by Gasteiger charge is -2.15. The highest BCUT2D eigenvalue weighted by Gasteiger charge is 2.12. The SMILES string of the molecule is Cc1ccc(C(=O)NCCNC(=O)NC(C)c2ccc(F)c(F)c2)cc1F. The Kier molecular flexibility index (Phi) is 6.81. The average Bonchev–Trinajstić information content (AvgIpc) is 2.63. The third-order valence-corrected chi connectivity index (χ3v) is 3.92. The van der Waals surface area contributed by atoms with E-state index in [0.29, 0.717) is 11.1 Å². The van der Waals surface area contributed by atoms with Crippen LogP contribution in [0.1, 0.15) is 34.5 Å². The summed E-state index contributed by atoms with van der Waals surface area (Å²) in [6.45, 7) is 3.50. The monoisotopic (exact) mass is 379 g/mol. The molecule has 1 unspecified atom stereocenters. The second kappa shape index (κ2) is 9.07. The molecular weight excluding hydrogens is 359 g/mol. The van der Waals surface area contributed by atoms with Crippen molar-refractivity contribution in [1.82, 2.24) is 16.0 Å². The van der Waals surface area contributed by atoms with E-state index in [1.165, 1.54) is 18.2 Å². The Labute approximate surface area is 155 Å². The van der Waals surface area contributed by atoms with Crippen LogP contribution in [0.2, 0.25) is 0 Å². The fourth-order valence-electron chi connectivity index (χ4n) is 2.30. The lowest BCUT2D eigenvalue weighted by molar-refractivity contribution is 0.0953. The number of nitrogens with one attached hydrogen (secondary N) is 3. The second-order valence-electron chi connectivity index (χ2n) is 6.02. The minimum atomic E-state index is -0.989. The first-order valence-corrected chi connectivity index (χ1v) is 8.31. The van der Waals surface area contributed by atoms with Crippen molar-refractivity contribution in [2.24, 2.45) is 0 Å². The van der Waals surface area contributed by atoms with Crippen molar-refractivity contribution in [2.45, 2.75) is 19.9 Å². The predicted molar refractivity (Wildman–Crippen MR) is 94.8 cm³/mol. The van der Waals surface area contributed by atoms with Crippen molar-refractivity contribution in [2.75, 3.05) is 13.1 Å². The molecule has 0 saturated heterocycles. The second-order valence-corrected chi connectivity index (χ2v) is 6.02. The zero-order chi connectivity index (χ0) is 20.0. The summed E-state index contributed by atoms with van der Waals surface area (Å²) in [6.07, 6.45) is 0. The van der Waals surface area contributed by atoms with Gasteiger partial charge in [0.2, 0.25) is 0 Å². The van der Waals surface area contributed by atoms with Crippen molar-refractivity contribution in [1.29, 1.82) is 0 Å². The fraction of sp³-hybridized carbons (Fsp3) is 0.263. The number of urea groups is 1. The first kappa shape index (κ1) is 20.3. The summed E-state index contributed by atoms with van der Waals surface area (Å²) in [7, 11) is 0. The molecule has 0 bridgehead atoms. The molecule has 0 aliphatic heterocycles. The van der Waals surface area contributed by atoms with Crippen LogP contribution < -0.4 is 16.0 Å². The van der Waals surface area contributed by atoms with Crippen LogP contribution in [0.25, 0.3) is 0 Å². The topological polar surface area (TPSA) is 70.2 Å². The molecule has 8 heteroatoms. The molecule has 27 heavy (non-hydrogen) atoms. The predicted octanol–water partition coefficient (Wildman–Crippen LogP) is 3.20. The molecule has 0 heterocycles. The highest BCUT2D eigenvalue weighted by Crippen LogP contribution is 2.15. The molecule has 0 aromatic heterocycles. The van der Waals surface area contributed by atoms with Gasteiger partial charge in [-0.05, 0) is 49.2 Å². The molecule has 0 radical (unpaired) electrons. The van der Waals surface area contributed by atoms with Gasteiger partial charge in [-0.2, -0.15) is 0 Å². The molecule has 144 valence electrons. The molecule has 0 aliphatic carbocycles. The quantitative estimate of drug-likeness (QED) is 0.675. The molecular formula is C19H20F3N3O2. The van der Waals surface area contributed by atoms with Gasteiger partial charge in [0.15, 0.2) is 11.6 Å². The third-order valence-electron chi connectivity index (χ3n) is 3.92. The van der Waals surface area contributed by atoms with E-state index in [1.807, 2.05) is 0 Å². The van der Waals surface area contributed by atoms with Crippen molar-refractivity contribution in [3.05, 3.63) is 70.5 Å². The summed E-state index contributed by atoms with van der Waals surface area (Å²) in [4.78, 5) is 23.7. The van der Waals surface area contributed by atoms with Crippen LogP contribution in [-0.4, -0.2) is 25.0 Å². The van der Waals surface area contributed by atoms with Gasteiger partial charge >= 0.3 is 6.03 Å². The zero-order valence-electron chi connectivity index (χ0n) is 14.9. The number of carbonyl (C=O) groups excluding carboxylic acids is 2. The first-order valence-electron chi connectivity index (χ1n) is 8.31. The molecule has 2 aromatic rings. The minimum absolute atomic E-state index is 0.135. The van der Waals surface area contributed by atoms with Crippen LogP contribution in [0, 0.1) is 24.4 Å². The van der Waals surface area contributed by atoms with Gasteiger partial charge in [-0.15, -0.1) is 0 Å². The lowest BCUT2D eigenvalue weighted by Crippen LogP contribution is -2.41. The molecule has 0 saturated carbocycles. The first-order chi connectivity index (χ1) is 12.8. The molecule has 2 rings (SSSR count). The lowest BCUT2D eigenvalue weighted by atomic mass is 10.1. The number of halogens is 3. The van der Waals surface area contributed by atoms with Gasteiger partial charge in [0.1, 0.15) is 5.82 Å². The van der Waals surface area contributed by atoms with Crippen molar-refractivity contribution >= 4 is 11.9 Å². The van der Waals surface area contributed by atoms with E-state index in [9.17, 15) is 22.8 Å². The van der Waals surface area contributed by atoms with E-state index >= 15 is 0 Å². The standard InChI is InChI=1S/C19H20F3N3O2/c1-11-3-4-14(10-16(11)21)18(26)23-7-8-24-19(27)25-12(2)13-5-6-15(20)17(22)9-13/h3-6,9-10,12H,7-8H2,1-2H3,(H,23,26)(H2,24,25,27). The van der Waals surface area contributed by atoms with Crippen LogP contribution in [-0.2, 0) is 0 Å². The molecule has 3 amide bonds. The smallest absolute Gasteiger partial charge is 0.315 e. The minimum Gasteiger partial charge on any atom is -0.350 e. The summed E-state index contributed by atoms with van der Waals surface area (Å²) in [5, 5.41) is 7.67. The number of aryl methyl sites for hydroxylation is 1. The molecule has 0 fully saturated rings. The van der Waals surface area contributed by atoms with Crippen molar-refractivity contribution in [3.8, 4) is 0 Å². The molecule has 0 aliphatic rings. The van der Waals surface area contributed by atoms with E-state index in [4.69, 9.17) is 0 Å². The summed E-state index contributed by atoms with van der Waals surface area (Å²) in [5.41, 5.74) is 1.05. The maximum atomic E-state index is 13.5. The van der Waals surface area contributed by atoms with Gasteiger partial charge in [-0.25, -0.2) is 18.0 Å². The van der Waals surface area contributed by atoms with E-state index in [0.717, 1.165) is 18.2 Å². The maximum absolute atomic E-state index is 13.5. The van der Waals surface area contributed by atoms with Gasteiger partial charge in [0, 0.05) is 18.7 Å². The normalized spacial score (nSPS) is 11.6. The Balaban J connectivity index is 1.74. The van der Waals surface area contributed by atoms with E-state index in [-0.39, 0.29) is 18.7 Å². The molecule has 2 aromatic carbocycles. The highest BCUT2D eigenvalue weighted by molar-refractivity contribution is 5.94. The van der Waals surface area contributed by atoms with Crippen LogP contribution >= 0.6 is 0 Å². The Morgan fingerprint density at radius 1 is 0.926 bits per heavy atom. The van der Waals surface area contributed by atoms with Gasteiger partial charge in [0.05, 0.1) is 6.04 Å². The van der Waals surface area contributed by atoms with E-state index in [2.05, 4.69) is 16.0 Å². The van der Waals surface area contributed by atoms with Crippen molar-refractivity contribution < 1.29 is 22.8 Å². The Bertz CT molecular complexity index is 843.